The molecule has 2 aromatic heterocycles. The second-order valence-corrected chi connectivity index (χ2v) is 11.2. The number of hydrogen-bond donors (Lipinski definition) is 3. The van der Waals surface area contributed by atoms with E-state index >= 15 is 0 Å². The Morgan fingerprint density at radius 1 is 1.07 bits per heavy atom. The van der Waals surface area contributed by atoms with E-state index in [9.17, 15) is 4.79 Å². The molecule has 2 aliphatic heterocycles. The zero-order valence-electron chi connectivity index (χ0n) is 24.4. The Kier molecular flexibility index (Phi) is 9.98. The lowest BCUT2D eigenvalue weighted by Crippen LogP contribution is -2.37. The number of carbonyl (C=O) groups excluding carboxylic acids is 1. The number of carbonyl (C=O) groups is 1. The highest BCUT2D eigenvalue weighted by Crippen LogP contribution is 2.35. The number of amides is 1. The van der Waals surface area contributed by atoms with Crippen LogP contribution in [0.4, 0.5) is 17.2 Å². The first-order valence-electron chi connectivity index (χ1n) is 15.0. The van der Waals surface area contributed by atoms with Crippen molar-refractivity contribution < 1.29 is 19.0 Å². The maximum absolute atomic E-state index is 13.1. The number of aromatic nitrogens is 3. The first-order chi connectivity index (χ1) is 21.6. The molecule has 0 saturated carbocycles. The monoisotopic (exact) mass is 617 g/mol. The fourth-order valence-electron chi connectivity index (χ4n) is 5.29. The van der Waals surface area contributed by atoms with Gasteiger partial charge in [-0.1, -0.05) is 17.7 Å². The second kappa shape index (κ2) is 14.6. The van der Waals surface area contributed by atoms with Gasteiger partial charge in [0.15, 0.2) is 0 Å². The summed E-state index contributed by atoms with van der Waals surface area (Å²) < 4.78 is 17.5. The lowest BCUT2D eigenvalue weighted by Gasteiger charge is -2.26. The van der Waals surface area contributed by atoms with Crippen molar-refractivity contribution in [2.24, 2.45) is 0 Å². The van der Waals surface area contributed by atoms with Gasteiger partial charge in [0.1, 0.15) is 30.3 Å². The Labute approximate surface area is 261 Å². The largest absolute Gasteiger partial charge is 0.491 e. The summed E-state index contributed by atoms with van der Waals surface area (Å²) >= 11 is 6.56. The van der Waals surface area contributed by atoms with Crippen LogP contribution in [0.1, 0.15) is 25.0 Å². The molecule has 0 spiro atoms. The van der Waals surface area contributed by atoms with Crippen molar-refractivity contribution in [1.29, 1.82) is 0 Å². The topological polar surface area (TPSA) is 123 Å². The van der Waals surface area contributed by atoms with E-state index in [1.807, 2.05) is 36.4 Å². The van der Waals surface area contributed by atoms with E-state index in [0.29, 0.717) is 46.8 Å². The van der Waals surface area contributed by atoms with E-state index in [1.54, 1.807) is 18.3 Å². The van der Waals surface area contributed by atoms with Gasteiger partial charge in [0.05, 0.1) is 47.8 Å². The second-order valence-electron chi connectivity index (χ2n) is 10.8. The highest BCUT2D eigenvalue weighted by molar-refractivity contribution is 6.32. The molecule has 2 aromatic carbocycles. The standard InChI is InChI=1S/C32H36ClN7O4/c33-25-17-22(7-8-29(25)44-20-23-5-1-2-9-34-23)38-31-24-18-28(39-32(41)26-6-3-10-35-26)30(19-27(24)36-21-37-31)43-14-4-11-40-12-15-42-16-13-40/h1-2,5,7-9,17-19,21,26,35H,3-4,6,10-16,20H2,(H,39,41)(H,36,37,38)/t26-/m0/s1. The highest BCUT2D eigenvalue weighted by Gasteiger charge is 2.24. The zero-order chi connectivity index (χ0) is 30.1. The zero-order valence-corrected chi connectivity index (χ0v) is 25.2. The van der Waals surface area contributed by atoms with E-state index in [0.717, 1.165) is 75.4 Å². The van der Waals surface area contributed by atoms with Crippen molar-refractivity contribution in [1.82, 2.24) is 25.2 Å². The molecule has 3 N–H and O–H groups in total. The van der Waals surface area contributed by atoms with E-state index in [-0.39, 0.29) is 11.9 Å². The van der Waals surface area contributed by atoms with Crippen LogP contribution in [0.15, 0.2) is 61.1 Å². The van der Waals surface area contributed by atoms with Gasteiger partial charge in [0.25, 0.3) is 0 Å². The number of rotatable bonds is 12. The minimum absolute atomic E-state index is 0.0838. The van der Waals surface area contributed by atoms with Crippen molar-refractivity contribution in [3.63, 3.8) is 0 Å². The molecule has 4 aromatic rings. The molecule has 2 saturated heterocycles. The van der Waals surface area contributed by atoms with Gasteiger partial charge in [-0.3, -0.25) is 14.7 Å². The highest BCUT2D eigenvalue weighted by atomic mass is 35.5. The van der Waals surface area contributed by atoms with Crippen LogP contribution in [0.5, 0.6) is 11.5 Å². The third-order valence-corrected chi connectivity index (χ3v) is 7.94. The van der Waals surface area contributed by atoms with Crippen LogP contribution in [0.25, 0.3) is 10.9 Å². The summed E-state index contributed by atoms with van der Waals surface area (Å²) in [6, 6.07) is 14.6. The van der Waals surface area contributed by atoms with E-state index in [4.69, 9.17) is 25.8 Å². The van der Waals surface area contributed by atoms with Crippen LogP contribution >= 0.6 is 11.6 Å². The first-order valence-corrected chi connectivity index (χ1v) is 15.4. The summed E-state index contributed by atoms with van der Waals surface area (Å²) in [5.41, 5.74) is 2.80. The summed E-state index contributed by atoms with van der Waals surface area (Å²) in [6.07, 6.45) is 5.85. The number of ether oxygens (including phenoxy) is 3. The van der Waals surface area contributed by atoms with Crippen LogP contribution in [-0.4, -0.2) is 77.8 Å². The lowest BCUT2D eigenvalue weighted by molar-refractivity contribution is -0.117. The van der Waals surface area contributed by atoms with Gasteiger partial charge in [0.2, 0.25) is 5.91 Å². The molecule has 0 aliphatic carbocycles. The molecule has 2 fully saturated rings. The van der Waals surface area contributed by atoms with Crippen molar-refractivity contribution in [3.8, 4) is 11.5 Å². The summed E-state index contributed by atoms with van der Waals surface area (Å²) in [6.45, 7) is 5.99. The number of anilines is 3. The molecule has 2 aliphatic rings. The fraction of sp³-hybridized carbons (Fsp3) is 0.375. The van der Waals surface area contributed by atoms with Gasteiger partial charge >= 0.3 is 0 Å². The predicted octanol–water partition coefficient (Wildman–Crippen LogP) is 4.79. The van der Waals surface area contributed by atoms with Gasteiger partial charge in [-0.2, -0.15) is 0 Å². The average Bonchev–Trinajstić information content (AvgIpc) is 3.60. The van der Waals surface area contributed by atoms with Gasteiger partial charge < -0.3 is 30.2 Å². The van der Waals surface area contributed by atoms with Crippen LogP contribution in [0.2, 0.25) is 5.02 Å². The quantitative estimate of drug-likeness (QED) is 0.191. The Bertz CT molecular complexity index is 1560. The Morgan fingerprint density at radius 2 is 1.98 bits per heavy atom. The molecular weight excluding hydrogens is 582 g/mol. The number of hydrogen-bond acceptors (Lipinski definition) is 10. The van der Waals surface area contributed by atoms with Crippen LogP contribution in [-0.2, 0) is 16.1 Å². The smallest absolute Gasteiger partial charge is 0.241 e. The van der Waals surface area contributed by atoms with Crippen LogP contribution < -0.4 is 25.4 Å². The number of nitrogens with zero attached hydrogens (tertiary/aromatic N) is 4. The number of fused-ring (bicyclic) bond motifs is 1. The summed E-state index contributed by atoms with van der Waals surface area (Å²) in [5, 5.41) is 10.9. The van der Waals surface area contributed by atoms with Crippen LogP contribution in [0, 0.1) is 0 Å². The lowest BCUT2D eigenvalue weighted by atomic mass is 10.1. The minimum atomic E-state index is -0.231. The third kappa shape index (κ3) is 7.72. The number of benzene rings is 2. The van der Waals surface area contributed by atoms with Gasteiger partial charge in [-0.25, -0.2) is 9.97 Å². The third-order valence-electron chi connectivity index (χ3n) is 7.65. The van der Waals surface area contributed by atoms with Crippen molar-refractivity contribution in [2.75, 3.05) is 56.6 Å². The molecule has 12 heteroatoms. The number of pyridine rings is 1. The van der Waals surface area contributed by atoms with E-state index in [1.165, 1.54) is 6.33 Å². The van der Waals surface area contributed by atoms with Gasteiger partial charge in [-0.05, 0) is 62.2 Å². The molecule has 1 amide bonds. The maximum Gasteiger partial charge on any atom is 0.241 e. The van der Waals surface area contributed by atoms with Crippen molar-refractivity contribution in [3.05, 3.63) is 71.8 Å². The summed E-state index contributed by atoms with van der Waals surface area (Å²) in [4.78, 5) is 28.8. The number of morpholine rings is 1. The van der Waals surface area contributed by atoms with Crippen molar-refractivity contribution >= 4 is 45.6 Å². The van der Waals surface area contributed by atoms with Crippen LogP contribution in [0.3, 0.4) is 0 Å². The summed E-state index contributed by atoms with van der Waals surface area (Å²) in [5.74, 6) is 1.62. The first kappa shape index (κ1) is 30.0. The molecule has 1 atom stereocenters. The minimum Gasteiger partial charge on any atom is -0.491 e. The van der Waals surface area contributed by atoms with Gasteiger partial charge in [-0.15, -0.1) is 0 Å². The van der Waals surface area contributed by atoms with Crippen molar-refractivity contribution in [2.45, 2.75) is 31.9 Å². The fourth-order valence-corrected chi connectivity index (χ4v) is 5.53. The Balaban J connectivity index is 1.19. The normalized spacial score (nSPS) is 17.0. The Hall–Kier alpha value is -4.03. The molecule has 0 unspecified atom stereocenters. The molecule has 4 heterocycles. The predicted molar refractivity (Wildman–Crippen MR) is 170 cm³/mol. The Morgan fingerprint density at radius 3 is 2.77 bits per heavy atom. The number of nitrogens with one attached hydrogen (secondary N) is 3. The molecule has 0 bridgehead atoms. The maximum atomic E-state index is 13.1. The molecule has 0 radical (unpaired) electrons. The molecule has 11 nitrogen and oxygen atoms in total. The van der Waals surface area contributed by atoms with E-state index < -0.39 is 0 Å². The molecule has 6 rings (SSSR count). The SMILES string of the molecule is O=C(Nc1cc2c(Nc3ccc(OCc4ccccn4)c(Cl)c3)ncnc2cc1OCCCN1CCOCC1)[C@@H]1CCCN1. The average molecular weight is 618 g/mol. The van der Waals surface area contributed by atoms with Gasteiger partial charge in [0, 0.05) is 43.0 Å². The molecule has 230 valence electrons. The summed E-state index contributed by atoms with van der Waals surface area (Å²) in [7, 11) is 0. The van der Waals surface area contributed by atoms with E-state index in [2.05, 4.69) is 35.8 Å². The number of halogens is 1. The molecular formula is C32H36ClN7O4. The molecule has 44 heavy (non-hydrogen) atoms.